The Morgan fingerprint density at radius 3 is 2.17 bits per heavy atom. The average Bonchev–Trinajstić information content (AvgIpc) is 3.29. The lowest BCUT2D eigenvalue weighted by molar-refractivity contribution is 0.0996. The van der Waals surface area contributed by atoms with Gasteiger partial charge in [0.15, 0.2) is 0 Å². The van der Waals surface area contributed by atoms with E-state index in [1.807, 2.05) is 18.2 Å². The van der Waals surface area contributed by atoms with Crippen LogP contribution in [0.5, 0.6) is 0 Å². The molecule has 5 heteroatoms. The van der Waals surface area contributed by atoms with Crippen molar-refractivity contribution < 1.29 is 9.59 Å². The molecule has 1 saturated carbocycles. The molecular formula is C24H29N3O2. The Labute approximate surface area is 172 Å². The zero-order chi connectivity index (χ0) is 20.2. The first-order valence-electron chi connectivity index (χ1n) is 10.7. The zero-order valence-corrected chi connectivity index (χ0v) is 16.8. The van der Waals surface area contributed by atoms with Crippen molar-refractivity contribution in [3.8, 4) is 0 Å². The lowest BCUT2D eigenvalue weighted by atomic mass is 9.84. The number of rotatable bonds is 5. The van der Waals surface area contributed by atoms with Crippen molar-refractivity contribution in [3.63, 3.8) is 0 Å². The number of nitrogens with one attached hydrogen (secondary N) is 1. The number of amides is 2. The summed E-state index contributed by atoms with van der Waals surface area (Å²) in [4.78, 5) is 26.8. The third-order valence-corrected chi connectivity index (χ3v) is 6.23. The maximum absolute atomic E-state index is 12.9. The van der Waals surface area contributed by atoms with Crippen LogP contribution in [0.15, 0.2) is 42.5 Å². The van der Waals surface area contributed by atoms with Crippen LogP contribution in [0.25, 0.3) is 0 Å². The zero-order valence-electron chi connectivity index (χ0n) is 16.8. The minimum absolute atomic E-state index is 0.165. The van der Waals surface area contributed by atoms with E-state index in [1.165, 1.54) is 37.7 Å². The van der Waals surface area contributed by atoms with Gasteiger partial charge in [0.05, 0.1) is 11.4 Å². The van der Waals surface area contributed by atoms with Gasteiger partial charge < -0.3 is 16.0 Å². The summed E-state index contributed by atoms with van der Waals surface area (Å²) in [7, 11) is 0. The minimum Gasteiger partial charge on any atom is -0.370 e. The second-order valence-corrected chi connectivity index (χ2v) is 8.20. The topological polar surface area (TPSA) is 75.4 Å². The molecule has 5 nitrogen and oxygen atoms in total. The van der Waals surface area contributed by atoms with Crippen molar-refractivity contribution in [1.82, 2.24) is 0 Å². The van der Waals surface area contributed by atoms with Crippen molar-refractivity contribution in [2.24, 2.45) is 5.73 Å². The van der Waals surface area contributed by atoms with Gasteiger partial charge in [-0.1, -0.05) is 31.4 Å². The highest BCUT2D eigenvalue weighted by molar-refractivity contribution is 6.07. The summed E-state index contributed by atoms with van der Waals surface area (Å²) in [5, 5.41) is 3.01. The third-order valence-electron chi connectivity index (χ3n) is 6.23. The molecule has 4 rings (SSSR count). The number of nitrogens with two attached hydrogens (primary N) is 1. The minimum atomic E-state index is -0.495. The van der Waals surface area contributed by atoms with Gasteiger partial charge in [0.1, 0.15) is 0 Å². The van der Waals surface area contributed by atoms with E-state index >= 15 is 0 Å². The summed E-state index contributed by atoms with van der Waals surface area (Å²) in [6, 6.07) is 13.3. The maximum Gasteiger partial charge on any atom is 0.255 e. The fourth-order valence-corrected chi connectivity index (χ4v) is 4.56. The van der Waals surface area contributed by atoms with E-state index in [0.29, 0.717) is 22.7 Å². The van der Waals surface area contributed by atoms with E-state index in [9.17, 15) is 9.59 Å². The molecule has 2 amide bonds. The number of benzene rings is 2. The molecule has 1 heterocycles. The third kappa shape index (κ3) is 4.44. The molecule has 0 aromatic heterocycles. The number of primary amides is 1. The Hall–Kier alpha value is -2.82. The second kappa shape index (κ2) is 8.68. The fraction of sp³-hybridized carbons (Fsp3) is 0.417. The molecule has 29 heavy (non-hydrogen) atoms. The number of anilines is 2. The Morgan fingerprint density at radius 2 is 1.52 bits per heavy atom. The van der Waals surface area contributed by atoms with Crippen LogP contribution in [0.1, 0.15) is 77.1 Å². The number of nitrogens with zero attached hydrogens (tertiary/aromatic N) is 1. The van der Waals surface area contributed by atoms with Crippen LogP contribution in [-0.4, -0.2) is 24.9 Å². The summed E-state index contributed by atoms with van der Waals surface area (Å²) in [5.41, 5.74) is 9.39. The predicted octanol–water partition coefficient (Wildman–Crippen LogP) is 4.69. The van der Waals surface area contributed by atoms with Crippen LogP contribution in [0.3, 0.4) is 0 Å². The molecule has 0 bridgehead atoms. The molecular weight excluding hydrogens is 362 g/mol. The van der Waals surface area contributed by atoms with Gasteiger partial charge in [-0.3, -0.25) is 9.59 Å². The van der Waals surface area contributed by atoms with E-state index in [4.69, 9.17) is 5.73 Å². The molecule has 3 N–H and O–H groups in total. The van der Waals surface area contributed by atoms with Crippen LogP contribution >= 0.6 is 0 Å². The van der Waals surface area contributed by atoms with Gasteiger partial charge in [-0.25, -0.2) is 0 Å². The first-order chi connectivity index (χ1) is 14.1. The molecule has 152 valence electrons. The molecule has 2 aromatic rings. The van der Waals surface area contributed by atoms with Gasteiger partial charge >= 0.3 is 0 Å². The van der Waals surface area contributed by atoms with E-state index in [-0.39, 0.29) is 5.91 Å². The molecule has 2 aromatic carbocycles. The summed E-state index contributed by atoms with van der Waals surface area (Å²) in [6.07, 6.45) is 8.67. The lowest BCUT2D eigenvalue weighted by Gasteiger charge is -2.23. The predicted molar refractivity (Wildman–Crippen MR) is 117 cm³/mol. The van der Waals surface area contributed by atoms with E-state index < -0.39 is 5.91 Å². The van der Waals surface area contributed by atoms with Gasteiger partial charge in [0.25, 0.3) is 5.91 Å². The van der Waals surface area contributed by atoms with Crippen molar-refractivity contribution in [3.05, 3.63) is 59.2 Å². The van der Waals surface area contributed by atoms with Gasteiger partial charge in [-0.05, 0) is 67.5 Å². The highest BCUT2D eigenvalue weighted by Crippen LogP contribution is 2.33. The summed E-state index contributed by atoms with van der Waals surface area (Å²) < 4.78 is 0. The molecule has 1 aliphatic carbocycles. The van der Waals surface area contributed by atoms with Crippen molar-refractivity contribution in [2.45, 2.75) is 50.9 Å². The highest BCUT2D eigenvalue weighted by Gasteiger charge is 2.20. The Bertz CT molecular complexity index is 879. The van der Waals surface area contributed by atoms with E-state index in [1.54, 1.807) is 12.1 Å². The first-order valence-corrected chi connectivity index (χ1v) is 10.7. The summed E-state index contributed by atoms with van der Waals surface area (Å²) in [5.74, 6) is -0.0394. The second-order valence-electron chi connectivity index (χ2n) is 8.20. The number of carbonyl (C=O) groups is 2. The number of hydrogen-bond acceptors (Lipinski definition) is 3. The van der Waals surface area contributed by atoms with Gasteiger partial charge in [0.2, 0.25) is 5.91 Å². The normalized spacial score (nSPS) is 17.3. The molecule has 0 unspecified atom stereocenters. The molecule has 1 saturated heterocycles. The largest absolute Gasteiger partial charge is 0.370 e. The average molecular weight is 392 g/mol. The van der Waals surface area contributed by atoms with E-state index in [2.05, 4.69) is 22.3 Å². The first kappa shape index (κ1) is 19.5. The van der Waals surface area contributed by atoms with Crippen LogP contribution in [-0.2, 0) is 0 Å². The summed E-state index contributed by atoms with van der Waals surface area (Å²) in [6.45, 7) is 1.91. The number of hydrogen-bond donors (Lipinski definition) is 2. The lowest BCUT2D eigenvalue weighted by Crippen LogP contribution is -2.22. The van der Waals surface area contributed by atoms with Gasteiger partial charge in [-0.2, -0.15) is 0 Å². The SMILES string of the molecule is NC(=O)c1ccc(N2CCCC2)c(NC(=O)c2ccc(C3CCCCC3)cc2)c1. The van der Waals surface area contributed by atoms with Crippen molar-refractivity contribution in [2.75, 3.05) is 23.3 Å². The molecule has 0 radical (unpaired) electrons. The van der Waals surface area contributed by atoms with Crippen molar-refractivity contribution >= 4 is 23.2 Å². The highest BCUT2D eigenvalue weighted by atomic mass is 16.2. The van der Waals surface area contributed by atoms with Crippen LogP contribution in [0.2, 0.25) is 0 Å². The van der Waals surface area contributed by atoms with Crippen molar-refractivity contribution in [1.29, 1.82) is 0 Å². The number of carbonyl (C=O) groups excluding carboxylic acids is 2. The maximum atomic E-state index is 12.9. The van der Waals surface area contributed by atoms with Crippen LogP contribution < -0.4 is 16.0 Å². The van der Waals surface area contributed by atoms with Gasteiger partial charge in [0, 0.05) is 24.2 Å². The molecule has 2 aliphatic rings. The molecule has 2 fully saturated rings. The summed E-state index contributed by atoms with van der Waals surface area (Å²) >= 11 is 0. The molecule has 1 aliphatic heterocycles. The van der Waals surface area contributed by atoms with E-state index in [0.717, 1.165) is 31.6 Å². The molecule has 0 spiro atoms. The smallest absolute Gasteiger partial charge is 0.255 e. The molecule has 0 atom stereocenters. The fourth-order valence-electron chi connectivity index (χ4n) is 4.56. The monoisotopic (exact) mass is 391 g/mol. The quantitative estimate of drug-likeness (QED) is 0.777. The van der Waals surface area contributed by atoms with Gasteiger partial charge in [-0.15, -0.1) is 0 Å². The Kier molecular flexibility index (Phi) is 5.84. The van der Waals surface area contributed by atoms with Crippen LogP contribution in [0, 0.1) is 0 Å². The Balaban J connectivity index is 1.53. The Morgan fingerprint density at radius 1 is 0.862 bits per heavy atom. The standard InChI is InChI=1S/C24H29N3O2/c25-23(28)20-12-13-22(27-14-4-5-15-27)21(16-20)26-24(29)19-10-8-18(9-11-19)17-6-2-1-3-7-17/h8-13,16-17H,1-7,14-15H2,(H2,25,28)(H,26,29). The van der Waals surface area contributed by atoms with Crippen LogP contribution in [0.4, 0.5) is 11.4 Å².